The molecule has 1 aromatic carbocycles. The molecule has 11 nitrogen and oxygen atoms in total. The molecule has 5 rings (SSSR count). The first kappa shape index (κ1) is 22.3. The van der Waals surface area contributed by atoms with Crippen LogP contribution in [-0.2, 0) is 6.42 Å². The van der Waals surface area contributed by atoms with Crippen LogP contribution < -0.4 is 22.3 Å². The zero-order valence-corrected chi connectivity index (χ0v) is 18.7. The fourth-order valence-electron chi connectivity index (χ4n) is 3.59. The molecular weight excluding hydrogens is 434 g/mol. The summed E-state index contributed by atoms with van der Waals surface area (Å²) in [4.78, 5) is 28.3. The third kappa shape index (κ3) is 4.00. The number of nitrogens with zero attached hydrogens (tertiary/aromatic N) is 5. The van der Waals surface area contributed by atoms with Crippen molar-refractivity contribution in [3.63, 3.8) is 0 Å². The van der Waals surface area contributed by atoms with Crippen LogP contribution in [0.4, 0.5) is 11.6 Å². The molecule has 4 aromatic rings. The molecule has 0 unspecified atom stereocenters. The number of nitrogen functional groups attached to an aromatic ring is 1. The molecule has 1 aliphatic heterocycles. The molecule has 34 heavy (non-hydrogen) atoms. The van der Waals surface area contributed by atoms with Gasteiger partial charge in [0.15, 0.2) is 11.5 Å². The lowest BCUT2D eigenvalue weighted by Gasteiger charge is -2.10. The van der Waals surface area contributed by atoms with E-state index >= 15 is 0 Å². The number of fused-ring (bicyclic) bond motifs is 2. The van der Waals surface area contributed by atoms with E-state index in [2.05, 4.69) is 37.4 Å². The van der Waals surface area contributed by atoms with Gasteiger partial charge in [0.2, 0.25) is 0 Å². The van der Waals surface area contributed by atoms with Crippen LogP contribution in [0.25, 0.3) is 22.9 Å². The number of primary amides is 1. The number of hydrogen-bond donors (Lipinski definition) is 4. The van der Waals surface area contributed by atoms with Crippen molar-refractivity contribution >= 4 is 34.8 Å². The molecule has 0 atom stereocenters. The second kappa shape index (κ2) is 9.33. The maximum atomic E-state index is 12.9. The molecule has 1 aliphatic rings. The Bertz CT molecular complexity index is 1520. The Morgan fingerprint density at radius 1 is 1.26 bits per heavy atom. The summed E-state index contributed by atoms with van der Waals surface area (Å²) in [7, 11) is 0. The first-order valence-electron chi connectivity index (χ1n) is 10.5. The number of hydrogen-bond acceptors (Lipinski definition) is 7. The summed E-state index contributed by atoms with van der Waals surface area (Å²) >= 11 is 0. The number of benzene rings is 1. The zero-order chi connectivity index (χ0) is 24.2. The number of aryl methyl sites for hydroxylation is 1. The molecule has 0 bridgehead atoms. The molecule has 1 amide bonds. The minimum Gasteiger partial charge on any atom is -0.381 e. The van der Waals surface area contributed by atoms with Gasteiger partial charge in [-0.3, -0.25) is 19.3 Å². The third-order valence-electron chi connectivity index (χ3n) is 5.06. The van der Waals surface area contributed by atoms with Crippen LogP contribution >= 0.6 is 0 Å². The quantitative estimate of drug-likeness (QED) is 0.339. The van der Waals surface area contributed by atoms with Crippen LogP contribution in [0, 0.1) is 11.8 Å². The summed E-state index contributed by atoms with van der Waals surface area (Å²) in [6.07, 6.45) is 4.24. The first-order valence-corrected chi connectivity index (χ1v) is 10.5. The van der Waals surface area contributed by atoms with E-state index in [0.717, 1.165) is 5.69 Å². The van der Waals surface area contributed by atoms with Gasteiger partial charge in [0.25, 0.3) is 11.5 Å². The number of H-pyrrole nitrogens is 1. The van der Waals surface area contributed by atoms with E-state index in [9.17, 15) is 9.59 Å². The second-order valence-electron chi connectivity index (χ2n) is 7.21. The van der Waals surface area contributed by atoms with Crippen LogP contribution in [0.1, 0.15) is 35.7 Å². The maximum Gasteiger partial charge on any atom is 0.270 e. The van der Waals surface area contributed by atoms with Crippen LogP contribution in [0.2, 0.25) is 0 Å². The number of carbonyl (C=O) groups is 1. The fourth-order valence-corrected chi connectivity index (χ4v) is 3.59. The fraction of sp³-hybridized carbons (Fsp3) is 0.174. The van der Waals surface area contributed by atoms with Gasteiger partial charge in [-0.15, -0.1) is 5.10 Å². The van der Waals surface area contributed by atoms with Crippen molar-refractivity contribution in [3.05, 3.63) is 63.8 Å². The van der Waals surface area contributed by atoms with E-state index in [1.54, 1.807) is 17.7 Å². The third-order valence-corrected chi connectivity index (χ3v) is 5.06. The number of para-hydroxylation sites is 1. The average Bonchev–Trinajstić information content (AvgIpc) is 3.40. The SMILES string of the molecule is CC#Cc1[nH]nc2nc(CC)n(-c3ccccc3)c(=O)c12.NC(=O)c1c(N)nn2c1NCC=C2. The number of amides is 1. The van der Waals surface area contributed by atoms with Gasteiger partial charge in [0.1, 0.15) is 28.3 Å². The molecule has 4 heterocycles. The van der Waals surface area contributed by atoms with Gasteiger partial charge < -0.3 is 16.8 Å². The van der Waals surface area contributed by atoms with Crippen molar-refractivity contribution in [2.45, 2.75) is 20.3 Å². The predicted octanol–water partition coefficient (Wildman–Crippen LogP) is 1.50. The van der Waals surface area contributed by atoms with Gasteiger partial charge in [-0.05, 0) is 31.1 Å². The summed E-state index contributed by atoms with van der Waals surface area (Å²) in [5.74, 6) is 6.48. The number of aromatic amines is 1. The molecule has 6 N–H and O–H groups in total. The monoisotopic (exact) mass is 457 g/mol. The predicted molar refractivity (Wildman–Crippen MR) is 130 cm³/mol. The summed E-state index contributed by atoms with van der Waals surface area (Å²) in [5.41, 5.74) is 12.5. The van der Waals surface area contributed by atoms with Crippen molar-refractivity contribution in [1.29, 1.82) is 0 Å². The first-order chi connectivity index (χ1) is 16.5. The molecule has 0 aliphatic carbocycles. The highest BCUT2D eigenvalue weighted by molar-refractivity contribution is 6.02. The summed E-state index contributed by atoms with van der Waals surface area (Å²) < 4.78 is 3.12. The smallest absolute Gasteiger partial charge is 0.270 e. The standard InChI is InChI=1S/C16H14N4O.C7H9N5O/c1-3-8-12-14-15(19-18-12)17-13(4-2)20(16(14)21)11-9-6-5-7-10-11;8-5-4(6(9)13)7-10-2-1-3-12(7)11-5/h5-7,9-10H,4H2,1-2H3,(H,18,19);1,3,10H,2H2,(H2,8,11)(H2,9,13). The van der Waals surface area contributed by atoms with Gasteiger partial charge in [-0.2, -0.15) is 5.10 Å². The van der Waals surface area contributed by atoms with Crippen LogP contribution in [0.5, 0.6) is 0 Å². The normalized spacial score (nSPS) is 11.6. The van der Waals surface area contributed by atoms with Gasteiger partial charge in [0.05, 0.1) is 5.69 Å². The minimum absolute atomic E-state index is 0.144. The maximum absolute atomic E-state index is 12.9. The molecule has 0 saturated heterocycles. The number of carbonyl (C=O) groups excluding carboxylic acids is 1. The van der Waals surface area contributed by atoms with E-state index in [0.29, 0.717) is 41.3 Å². The minimum atomic E-state index is -0.568. The van der Waals surface area contributed by atoms with E-state index in [1.807, 2.05) is 43.3 Å². The number of anilines is 2. The number of nitrogens with one attached hydrogen (secondary N) is 2. The van der Waals surface area contributed by atoms with Gasteiger partial charge in [0, 0.05) is 19.2 Å². The Morgan fingerprint density at radius 3 is 2.71 bits per heavy atom. The second-order valence-corrected chi connectivity index (χ2v) is 7.21. The Morgan fingerprint density at radius 2 is 2.03 bits per heavy atom. The van der Waals surface area contributed by atoms with E-state index in [-0.39, 0.29) is 16.9 Å². The molecule has 0 spiro atoms. The summed E-state index contributed by atoms with van der Waals surface area (Å²) in [6, 6.07) is 9.48. The van der Waals surface area contributed by atoms with E-state index in [1.165, 1.54) is 4.68 Å². The number of aromatic nitrogens is 6. The van der Waals surface area contributed by atoms with Crippen LogP contribution in [0.15, 0.2) is 41.2 Å². The Kier molecular flexibility index (Phi) is 6.13. The van der Waals surface area contributed by atoms with Crippen molar-refractivity contribution in [1.82, 2.24) is 29.5 Å². The highest BCUT2D eigenvalue weighted by atomic mass is 16.1. The van der Waals surface area contributed by atoms with Crippen molar-refractivity contribution < 1.29 is 4.79 Å². The molecule has 11 heteroatoms. The highest BCUT2D eigenvalue weighted by Crippen LogP contribution is 2.23. The van der Waals surface area contributed by atoms with Crippen LogP contribution in [-0.4, -0.2) is 42.0 Å². The van der Waals surface area contributed by atoms with Crippen molar-refractivity contribution in [2.75, 3.05) is 17.6 Å². The Hall–Kier alpha value is -4.85. The lowest BCUT2D eigenvalue weighted by atomic mass is 10.2. The van der Waals surface area contributed by atoms with Crippen molar-refractivity contribution in [3.8, 4) is 17.5 Å². The van der Waals surface area contributed by atoms with Gasteiger partial charge in [-0.1, -0.05) is 31.0 Å². The number of nitrogens with two attached hydrogens (primary N) is 2. The van der Waals surface area contributed by atoms with E-state index in [4.69, 9.17) is 11.5 Å². The molecule has 172 valence electrons. The molecule has 0 fully saturated rings. The summed E-state index contributed by atoms with van der Waals surface area (Å²) in [5, 5.41) is 14.2. The van der Waals surface area contributed by atoms with Gasteiger partial charge >= 0.3 is 0 Å². The van der Waals surface area contributed by atoms with Gasteiger partial charge in [-0.25, -0.2) is 9.67 Å². The lowest BCUT2D eigenvalue weighted by molar-refractivity contribution is 0.100. The number of rotatable bonds is 3. The van der Waals surface area contributed by atoms with Crippen molar-refractivity contribution in [2.24, 2.45) is 5.73 Å². The molecule has 3 aromatic heterocycles. The Labute approximate surface area is 194 Å². The average molecular weight is 457 g/mol. The topological polar surface area (TPSA) is 163 Å². The van der Waals surface area contributed by atoms with E-state index < -0.39 is 5.91 Å². The molecule has 0 radical (unpaired) electrons. The van der Waals surface area contributed by atoms with Crippen LogP contribution in [0.3, 0.4) is 0 Å². The summed E-state index contributed by atoms with van der Waals surface area (Å²) in [6.45, 7) is 4.33. The zero-order valence-electron chi connectivity index (χ0n) is 18.7. The lowest BCUT2D eigenvalue weighted by Crippen LogP contribution is -2.23. The highest BCUT2D eigenvalue weighted by Gasteiger charge is 2.20. The molecular formula is C23H23N9O2. The largest absolute Gasteiger partial charge is 0.381 e. The molecule has 0 saturated carbocycles. The Balaban J connectivity index is 0.000000180.